The molecule has 0 spiro atoms. The van der Waals surface area contributed by atoms with Crippen molar-refractivity contribution in [2.24, 2.45) is 0 Å². The fourth-order valence-corrected chi connectivity index (χ4v) is 1.73. The third-order valence-electron chi connectivity index (χ3n) is 2.12. The fraction of sp³-hybridized carbons (Fsp3) is 0.0769. The van der Waals surface area contributed by atoms with E-state index in [1.165, 1.54) is 24.3 Å². The molecule has 0 radical (unpaired) electrons. The molecule has 0 aromatic heterocycles. The molecule has 0 aliphatic rings. The summed E-state index contributed by atoms with van der Waals surface area (Å²) in [5.74, 6) is 0.709. The van der Waals surface area contributed by atoms with Crippen LogP contribution >= 0.6 is 15.9 Å². The minimum absolute atomic E-state index is 0.285. The highest BCUT2D eigenvalue weighted by Crippen LogP contribution is 2.31. The molecule has 0 aliphatic heterocycles. The van der Waals surface area contributed by atoms with E-state index in [1.54, 1.807) is 18.2 Å². The summed E-state index contributed by atoms with van der Waals surface area (Å²) in [5.41, 5.74) is 0. The zero-order valence-corrected chi connectivity index (χ0v) is 11.0. The van der Waals surface area contributed by atoms with Gasteiger partial charge in [-0.2, -0.15) is 0 Å². The van der Waals surface area contributed by atoms with Crippen molar-refractivity contribution in [3.63, 3.8) is 0 Å². The van der Waals surface area contributed by atoms with Crippen LogP contribution in [0.4, 0.5) is 13.2 Å². The zero-order valence-electron chi connectivity index (χ0n) is 9.45. The standard InChI is InChI=1S/C13H8BrF3O2/c14-11-3-1-2-4-12(11)18-9-5-7-10(8-6-9)19-13(15,16)17/h1-8H. The van der Waals surface area contributed by atoms with Crippen LogP contribution in [0.25, 0.3) is 0 Å². The number of rotatable bonds is 3. The smallest absolute Gasteiger partial charge is 0.456 e. The van der Waals surface area contributed by atoms with Gasteiger partial charge < -0.3 is 9.47 Å². The van der Waals surface area contributed by atoms with Gasteiger partial charge in [0.25, 0.3) is 0 Å². The van der Waals surface area contributed by atoms with E-state index in [0.29, 0.717) is 11.5 Å². The highest BCUT2D eigenvalue weighted by Gasteiger charge is 2.30. The molecule has 2 rings (SSSR count). The summed E-state index contributed by atoms with van der Waals surface area (Å²) >= 11 is 3.31. The molecule has 100 valence electrons. The maximum Gasteiger partial charge on any atom is 0.573 e. The number of halogens is 4. The first-order valence-electron chi connectivity index (χ1n) is 5.22. The Balaban J connectivity index is 2.09. The van der Waals surface area contributed by atoms with E-state index in [-0.39, 0.29) is 5.75 Å². The van der Waals surface area contributed by atoms with E-state index in [1.807, 2.05) is 6.07 Å². The minimum atomic E-state index is -4.69. The second-order valence-corrected chi connectivity index (χ2v) is 4.41. The summed E-state index contributed by atoms with van der Waals surface area (Å²) in [4.78, 5) is 0. The van der Waals surface area contributed by atoms with Gasteiger partial charge in [0.15, 0.2) is 0 Å². The lowest BCUT2D eigenvalue weighted by Gasteiger charge is -2.10. The quantitative estimate of drug-likeness (QED) is 0.774. The van der Waals surface area contributed by atoms with Crippen LogP contribution in [-0.4, -0.2) is 6.36 Å². The third-order valence-corrected chi connectivity index (χ3v) is 2.78. The predicted octanol–water partition coefficient (Wildman–Crippen LogP) is 5.14. The Morgan fingerprint density at radius 2 is 1.42 bits per heavy atom. The Hall–Kier alpha value is -1.69. The first-order valence-corrected chi connectivity index (χ1v) is 6.01. The highest BCUT2D eigenvalue weighted by atomic mass is 79.9. The molecule has 2 nitrogen and oxygen atoms in total. The van der Waals surface area contributed by atoms with Crippen molar-refractivity contribution < 1.29 is 22.6 Å². The molecule has 0 unspecified atom stereocenters. The third kappa shape index (κ3) is 4.17. The molecule has 0 fully saturated rings. The molecule has 0 saturated carbocycles. The van der Waals surface area contributed by atoms with E-state index in [2.05, 4.69) is 20.7 Å². The Kier molecular flexibility index (Phi) is 3.99. The van der Waals surface area contributed by atoms with E-state index < -0.39 is 6.36 Å². The monoisotopic (exact) mass is 332 g/mol. The summed E-state index contributed by atoms with van der Waals surface area (Å²) in [7, 11) is 0. The van der Waals surface area contributed by atoms with Gasteiger partial charge in [-0.25, -0.2) is 0 Å². The van der Waals surface area contributed by atoms with Crippen molar-refractivity contribution in [3.8, 4) is 17.2 Å². The normalized spacial score (nSPS) is 11.2. The topological polar surface area (TPSA) is 18.5 Å². The largest absolute Gasteiger partial charge is 0.573 e. The van der Waals surface area contributed by atoms with Crippen LogP contribution in [-0.2, 0) is 0 Å². The number of hydrogen-bond acceptors (Lipinski definition) is 2. The molecule has 6 heteroatoms. The lowest BCUT2D eigenvalue weighted by Crippen LogP contribution is -2.16. The molecule has 0 amide bonds. The summed E-state index contributed by atoms with van der Waals surface area (Å²) in [6, 6.07) is 12.4. The van der Waals surface area contributed by atoms with Crippen molar-refractivity contribution in [2.75, 3.05) is 0 Å². The van der Waals surface area contributed by atoms with Gasteiger partial charge in [0.1, 0.15) is 17.2 Å². The number of ether oxygens (including phenoxy) is 2. The van der Waals surface area contributed by atoms with E-state index in [4.69, 9.17) is 4.74 Å². The molecule has 19 heavy (non-hydrogen) atoms. The molecular weight excluding hydrogens is 325 g/mol. The SMILES string of the molecule is FC(F)(F)Oc1ccc(Oc2ccccc2Br)cc1. The second-order valence-electron chi connectivity index (χ2n) is 3.55. The molecule has 0 aliphatic carbocycles. The molecule has 0 bridgehead atoms. The van der Waals surface area contributed by atoms with Gasteiger partial charge in [0.2, 0.25) is 0 Å². The van der Waals surface area contributed by atoms with Gasteiger partial charge in [0.05, 0.1) is 4.47 Å². The van der Waals surface area contributed by atoms with Crippen molar-refractivity contribution in [1.29, 1.82) is 0 Å². The van der Waals surface area contributed by atoms with Crippen LogP contribution in [0.5, 0.6) is 17.2 Å². The van der Waals surface area contributed by atoms with Crippen LogP contribution in [0.15, 0.2) is 53.0 Å². The number of para-hydroxylation sites is 1. The van der Waals surface area contributed by atoms with Crippen LogP contribution in [0.3, 0.4) is 0 Å². The van der Waals surface area contributed by atoms with Gasteiger partial charge in [-0.15, -0.1) is 13.2 Å². The first-order chi connectivity index (χ1) is 8.94. The van der Waals surface area contributed by atoms with Crippen LogP contribution < -0.4 is 9.47 Å². The molecule has 0 saturated heterocycles. The Labute approximate surface area is 115 Å². The van der Waals surface area contributed by atoms with Crippen LogP contribution in [0.2, 0.25) is 0 Å². The van der Waals surface area contributed by atoms with Gasteiger partial charge in [0, 0.05) is 0 Å². The minimum Gasteiger partial charge on any atom is -0.456 e. The first kappa shape index (κ1) is 13.7. The van der Waals surface area contributed by atoms with Crippen LogP contribution in [0.1, 0.15) is 0 Å². The lowest BCUT2D eigenvalue weighted by atomic mass is 10.3. The molecule has 0 N–H and O–H groups in total. The van der Waals surface area contributed by atoms with Crippen LogP contribution in [0, 0.1) is 0 Å². The number of benzene rings is 2. The maximum atomic E-state index is 12.0. The van der Waals surface area contributed by atoms with E-state index in [9.17, 15) is 13.2 Å². The predicted molar refractivity (Wildman–Crippen MR) is 67.3 cm³/mol. The average Bonchev–Trinajstić information content (AvgIpc) is 2.33. The fourth-order valence-electron chi connectivity index (χ4n) is 1.36. The van der Waals surface area contributed by atoms with Gasteiger partial charge in [-0.1, -0.05) is 12.1 Å². The Bertz CT molecular complexity index is 553. The van der Waals surface area contributed by atoms with Crippen molar-refractivity contribution >= 4 is 15.9 Å². The summed E-state index contributed by atoms with van der Waals surface area (Å²) in [6.45, 7) is 0. The molecule has 0 heterocycles. The van der Waals surface area contributed by atoms with Crippen molar-refractivity contribution in [3.05, 3.63) is 53.0 Å². The molecular formula is C13H8BrF3O2. The average molecular weight is 333 g/mol. The maximum absolute atomic E-state index is 12.0. The van der Waals surface area contributed by atoms with Gasteiger partial charge in [-0.05, 0) is 52.3 Å². The van der Waals surface area contributed by atoms with Gasteiger partial charge in [-0.3, -0.25) is 0 Å². The highest BCUT2D eigenvalue weighted by molar-refractivity contribution is 9.10. The Morgan fingerprint density at radius 1 is 0.842 bits per heavy atom. The van der Waals surface area contributed by atoms with E-state index >= 15 is 0 Å². The molecule has 0 atom stereocenters. The summed E-state index contributed by atoms with van der Waals surface area (Å²) in [5, 5.41) is 0. The second kappa shape index (κ2) is 5.52. The van der Waals surface area contributed by atoms with E-state index in [0.717, 1.165) is 4.47 Å². The molecule has 2 aromatic carbocycles. The van der Waals surface area contributed by atoms with Crippen molar-refractivity contribution in [2.45, 2.75) is 6.36 Å². The summed E-state index contributed by atoms with van der Waals surface area (Å²) < 4.78 is 46.0. The summed E-state index contributed by atoms with van der Waals surface area (Å²) in [6.07, 6.45) is -4.69. The molecule has 2 aromatic rings. The lowest BCUT2D eigenvalue weighted by molar-refractivity contribution is -0.274. The number of hydrogen-bond donors (Lipinski definition) is 0. The van der Waals surface area contributed by atoms with Gasteiger partial charge >= 0.3 is 6.36 Å². The Morgan fingerprint density at radius 3 is 2.00 bits per heavy atom. The number of alkyl halides is 3. The zero-order chi connectivity index (χ0) is 13.9. The van der Waals surface area contributed by atoms with Crippen molar-refractivity contribution in [1.82, 2.24) is 0 Å².